The zero-order valence-electron chi connectivity index (χ0n) is 9.92. The summed E-state index contributed by atoms with van der Waals surface area (Å²) in [4.78, 5) is 13.5. The number of amides is 1. The first-order chi connectivity index (χ1) is 6.49. The molecule has 0 rings (SSSR count). The average molecular weight is 200 g/mol. The molecule has 0 aliphatic heterocycles. The molecule has 0 aliphatic rings. The lowest BCUT2D eigenvalue weighted by Crippen LogP contribution is -2.33. The van der Waals surface area contributed by atoms with Crippen molar-refractivity contribution in [3.63, 3.8) is 0 Å². The highest BCUT2D eigenvalue weighted by Crippen LogP contribution is 2.07. The Morgan fingerprint density at radius 1 is 1.29 bits per heavy atom. The van der Waals surface area contributed by atoms with Gasteiger partial charge in [0, 0.05) is 19.5 Å². The quantitative estimate of drug-likeness (QED) is 0.706. The van der Waals surface area contributed by atoms with Gasteiger partial charge in [0.05, 0.1) is 0 Å². The van der Waals surface area contributed by atoms with E-state index in [9.17, 15) is 4.79 Å². The van der Waals surface area contributed by atoms with Crippen LogP contribution in [0.5, 0.6) is 0 Å². The Hall–Kier alpha value is -0.570. The molecule has 0 saturated heterocycles. The van der Waals surface area contributed by atoms with E-state index >= 15 is 0 Å². The van der Waals surface area contributed by atoms with Crippen LogP contribution in [0.1, 0.15) is 33.6 Å². The lowest BCUT2D eigenvalue weighted by atomic mass is 10.1. The molecule has 1 amide bonds. The van der Waals surface area contributed by atoms with Gasteiger partial charge in [-0.1, -0.05) is 20.8 Å². The minimum Gasteiger partial charge on any atom is -0.346 e. The van der Waals surface area contributed by atoms with Gasteiger partial charge in [0.15, 0.2) is 0 Å². The molecule has 0 aliphatic carbocycles. The molecule has 0 aromatic rings. The van der Waals surface area contributed by atoms with E-state index in [1.54, 1.807) is 0 Å². The topological polar surface area (TPSA) is 46.3 Å². The molecular weight excluding hydrogens is 176 g/mol. The van der Waals surface area contributed by atoms with Crippen LogP contribution in [0, 0.1) is 11.8 Å². The van der Waals surface area contributed by atoms with Gasteiger partial charge in [-0.05, 0) is 25.3 Å². The van der Waals surface area contributed by atoms with E-state index in [0.717, 1.165) is 19.4 Å². The predicted octanol–water partition coefficient (Wildman–Crippen LogP) is 1.48. The van der Waals surface area contributed by atoms with E-state index in [4.69, 9.17) is 5.73 Å². The third-order valence-electron chi connectivity index (χ3n) is 2.44. The van der Waals surface area contributed by atoms with Crippen LogP contribution in [-0.2, 0) is 4.79 Å². The van der Waals surface area contributed by atoms with Gasteiger partial charge in [-0.15, -0.1) is 0 Å². The third kappa shape index (κ3) is 5.22. The molecule has 0 saturated carbocycles. The lowest BCUT2D eigenvalue weighted by molar-refractivity contribution is -0.133. The van der Waals surface area contributed by atoms with Crippen LogP contribution in [0.25, 0.3) is 0 Å². The van der Waals surface area contributed by atoms with Crippen molar-refractivity contribution >= 4 is 5.91 Å². The highest BCUT2D eigenvalue weighted by atomic mass is 16.2. The minimum absolute atomic E-state index is 0.0668. The number of carbonyl (C=O) groups is 1. The van der Waals surface area contributed by atoms with E-state index in [-0.39, 0.29) is 11.8 Å². The Labute approximate surface area is 87.6 Å². The molecule has 3 nitrogen and oxygen atoms in total. The summed E-state index contributed by atoms with van der Waals surface area (Å²) in [5, 5.41) is 0. The van der Waals surface area contributed by atoms with Crippen LogP contribution < -0.4 is 5.73 Å². The second-order valence-corrected chi connectivity index (χ2v) is 4.42. The molecule has 14 heavy (non-hydrogen) atoms. The lowest BCUT2D eigenvalue weighted by Gasteiger charge is -2.21. The molecule has 0 radical (unpaired) electrons. The van der Waals surface area contributed by atoms with Gasteiger partial charge in [0.1, 0.15) is 0 Å². The second kappa shape index (κ2) is 6.82. The van der Waals surface area contributed by atoms with Gasteiger partial charge >= 0.3 is 0 Å². The molecule has 0 spiro atoms. The minimum atomic E-state index is 0.0668. The summed E-state index contributed by atoms with van der Waals surface area (Å²) in [6.07, 6.45) is 1.85. The molecule has 84 valence electrons. The number of nitrogens with two attached hydrogens (primary N) is 1. The van der Waals surface area contributed by atoms with Gasteiger partial charge in [0.2, 0.25) is 5.91 Å². The Morgan fingerprint density at radius 2 is 1.86 bits per heavy atom. The van der Waals surface area contributed by atoms with E-state index in [0.29, 0.717) is 12.5 Å². The largest absolute Gasteiger partial charge is 0.346 e. The van der Waals surface area contributed by atoms with Crippen molar-refractivity contribution < 1.29 is 4.79 Å². The maximum absolute atomic E-state index is 11.7. The zero-order valence-corrected chi connectivity index (χ0v) is 9.92. The fourth-order valence-corrected chi connectivity index (χ4v) is 1.31. The Morgan fingerprint density at radius 3 is 2.29 bits per heavy atom. The maximum Gasteiger partial charge on any atom is 0.225 e. The monoisotopic (exact) mass is 200 g/mol. The fraction of sp³-hybridized carbons (Fsp3) is 0.909. The molecule has 3 heteroatoms. The Balaban J connectivity index is 3.86. The smallest absolute Gasteiger partial charge is 0.225 e. The van der Waals surface area contributed by atoms with Crippen LogP contribution in [-0.4, -0.2) is 30.9 Å². The Kier molecular flexibility index (Phi) is 6.54. The summed E-state index contributed by atoms with van der Waals surface area (Å²) in [5.74, 6) is 0.934. The molecule has 1 atom stereocenters. The molecule has 0 bridgehead atoms. The summed E-state index contributed by atoms with van der Waals surface area (Å²) in [6, 6.07) is 0. The zero-order chi connectivity index (χ0) is 11.1. The third-order valence-corrected chi connectivity index (χ3v) is 2.44. The van der Waals surface area contributed by atoms with Crippen LogP contribution in [0.2, 0.25) is 0 Å². The number of rotatable bonds is 6. The maximum atomic E-state index is 11.7. The molecular formula is C11H24N2O. The summed E-state index contributed by atoms with van der Waals surface area (Å²) in [5.41, 5.74) is 5.42. The highest BCUT2D eigenvalue weighted by Gasteiger charge is 2.16. The molecule has 0 aromatic heterocycles. The van der Waals surface area contributed by atoms with Crippen LogP contribution in [0.3, 0.4) is 0 Å². The van der Waals surface area contributed by atoms with Crippen molar-refractivity contribution in [3.05, 3.63) is 0 Å². The van der Waals surface area contributed by atoms with Crippen molar-refractivity contribution in [2.45, 2.75) is 33.6 Å². The summed E-state index contributed by atoms with van der Waals surface area (Å²) < 4.78 is 0. The van der Waals surface area contributed by atoms with Gasteiger partial charge < -0.3 is 10.6 Å². The van der Waals surface area contributed by atoms with Crippen molar-refractivity contribution in [2.24, 2.45) is 17.6 Å². The van der Waals surface area contributed by atoms with Crippen molar-refractivity contribution in [1.29, 1.82) is 0 Å². The fourth-order valence-electron chi connectivity index (χ4n) is 1.31. The van der Waals surface area contributed by atoms with Crippen LogP contribution in [0.15, 0.2) is 0 Å². The number of carbonyl (C=O) groups excluding carboxylic acids is 1. The van der Waals surface area contributed by atoms with Crippen molar-refractivity contribution in [2.75, 3.05) is 20.1 Å². The van der Waals surface area contributed by atoms with Gasteiger partial charge in [0.25, 0.3) is 0 Å². The number of hydrogen-bond acceptors (Lipinski definition) is 2. The summed E-state index contributed by atoms with van der Waals surface area (Å²) in [6.45, 7) is 7.72. The first-order valence-corrected chi connectivity index (χ1v) is 5.44. The normalized spacial score (nSPS) is 13.0. The van der Waals surface area contributed by atoms with Gasteiger partial charge in [-0.25, -0.2) is 0 Å². The van der Waals surface area contributed by atoms with Gasteiger partial charge in [-0.3, -0.25) is 4.79 Å². The van der Waals surface area contributed by atoms with E-state index in [1.807, 2.05) is 18.9 Å². The second-order valence-electron chi connectivity index (χ2n) is 4.42. The molecule has 0 heterocycles. The first-order valence-electron chi connectivity index (χ1n) is 5.44. The van der Waals surface area contributed by atoms with E-state index < -0.39 is 0 Å². The van der Waals surface area contributed by atoms with E-state index in [2.05, 4.69) is 13.8 Å². The van der Waals surface area contributed by atoms with Crippen LogP contribution in [0.4, 0.5) is 0 Å². The predicted molar refractivity (Wildman–Crippen MR) is 59.9 cm³/mol. The van der Waals surface area contributed by atoms with E-state index in [1.165, 1.54) is 0 Å². The standard InChI is InChI=1S/C11H24N2O/c1-9(2)6-8-13(4)11(14)10(3)5-7-12/h9-10H,5-8,12H2,1-4H3. The molecule has 0 aromatic carbocycles. The SMILES string of the molecule is CC(C)CCN(C)C(=O)C(C)CCN. The molecule has 0 fully saturated rings. The number of nitrogens with zero attached hydrogens (tertiary/aromatic N) is 1. The number of hydrogen-bond donors (Lipinski definition) is 1. The summed E-state index contributed by atoms with van der Waals surface area (Å²) in [7, 11) is 1.87. The molecule has 2 N–H and O–H groups in total. The Bertz CT molecular complexity index is 169. The van der Waals surface area contributed by atoms with Crippen LogP contribution >= 0.6 is 0 Å². The van der Waals surface area contributed by atoms with Crippen molar-refractivity contribution in [3.8, 4) is 0 Å². The first kappa shape index (κ1) is 13.4. The summed E-state index contributed by atoms with van der Waals surface area (Å²) >= 11 is 0. The highest BCUT2D eigenvalue weighted by molar-refractivity contribution is 5.78. The van der Waals surface area contributed by atoms with Gasteiger partial charge in [-0.2, -0.15) is 0 Å². The van der Waals surface area contributed by atoms with Crippen molar-refractivity contribution in [1.82, 2.24) is 4.90 Å². The molecule has 1 unspecified atom stereocenters. The average Bonchev–Trinajstić information content (AvgIpc) is 2.13.